The predicted molar refractivity (Wildman–Crippen MR) is 109 cm³/mol. The minimum atomic E-state index is -3.00. The Kier molecular flexibility index (Phi) is 5.20. The maximum atomic E-state index is 12.6. The second-order valence-electron chi connectivity index (χ2n) is 7.56. The highest BCUT2D eigenvalue weighted by Gasteiger charge is 2.32. The van der Waals surface area contributed by atoms with Crippen LogP contribution in [0.1, 0.15) is 30.2 Å². The van der Waals surface area contributed by atoms with E-state index in [1.54, 1.807) is 29.6 Å². The molecule has 4 rings (SSSR count). The molecule has 2 aromatic heterocycles. The van der Waals surface area contributed by atoms with Crippen LogP contribution in [0.4, 0.5) is 0 Å². The molecule has 0 aromatic carbocycles. The average molecular weight is 426 g/mol. The van der Waals surface area contributed by atoms with E-state index in [0.717, 1.165) is 28.1 Å². The van der Waals surface area contributed by atoms with Crippen molar-refractivity contribution in [1.29, 1.82) is 0 Å². The molecule has 2 aliphatic rings. The highest BCUT2D eigenvalue weighted by atomic mass is 32.2. The van der Waals surface area contributed by atoms with Gasteiger partial charge < -0.3 is 4.90 Å². The van der Waals surface area contributed by atoms with Gasteiger partial charge in [-0.1, -0.05) is 18.7 Å². The summed E-state index contributed by atoms with van der Waals surface area (Å²) in [6.07, 6.45) is 5.43. The van der Waals surface area contributed by atoms with Crippen LogP contribution in [0.5, 0.6) is 0 Å². The number of sulfone groups is 1. The average Bonchev–Trinajstić information content (AvgIpc) is 3.18. The van der Waals surface area contributed by atoms with E-state index in [1.165, 1.54) is 28.6 Å². The number of aryl methyl sites for hydroxylation is 1. The van der Waals surface area contributed by atoms with E-state index >= 15 is 0 Å². The normalized spacial score (nSPS) is 24.1. The smallest absolute Gasteiger partial charge is 0.233 e. The van der Waals surface area contributed by atoms with Crippen LogP contribution in [-0.4, -0.2) is 59.5 Å². The lowest BCUT2D eigenvalue weighted by Crippen LogP contribution is -2.38. The predicted octanol–water partition coefficient (Wildman–Crippen LogP) is 2.55. The first-order valence-electron chi connectivity index (χ1n) is 9.18. The van der Waals surface area contributed by atoms with Crippen LogP contribution in [0.2, 0.25) is 0 Å². The van der Waals surface area contributed by atoms with Crippen LogP contribution in [-0.2, 0) is 27.5 Å². The first-order valence-corrected chi connectivity index (χ1v) is 12.8. The molecular weight excluding hydrogens is 402 g/mol. The van der Waals surface area contributed by atoms with Crippen molar-refractivity contribution >= 4 is 49.1 Å². The summed E-state index contributed by atoms with van der Waals surface area (Å²) in [5.74, 6) is 1.17. The fourth-order valence-electron chi connectivity index (χ4n) is 3.87. The van der Waals surface area contributed by atoms with E-state index in [2.05, 4.69) is 16.9 Å². The van der Waals surface area contributed by atoms with Crippen molar-refractivity contribution in [2.45, 2.75) is 43.7 Å². The summed E-state index contributed by atoms with van der Waals surface area (Å²) in [5.41, 5.74) is 1.36. The van der Waals surface area contributed by atoms with Crippen LogP contribution >= 0.6 is 23.1 Å². The molecule has 0 radical (unpaired) electrons. The number of amides is 1. The Bertz CT molecular complexity index is 986. The summed E-state index contributed by atoms with van der Waals surface area (Å²) in [5, 5.41) is 1.99. The molecule has 146 valence electrons. The summed E-state index contributed by atoms with van der Waals surface area (Å²) < 4.78 is 23.3. The molecule has 1 saturated heterocycles. The number of nitrogens with zero attached hydrogens (tertiary/aromatic N) is 3. The molecule has 0 unspecified atom stereocenters. The molecule has 3 heterocycles. The number of hydrogen-bond acceptors (Lipinski definition) is 7. The van der Waals surface area contributed by atoms with Gasteiger partial charge in [-0.15, -0.1) is 11.3 Å². The van der Waals surface area contributed by atoms with Gasteiger partial charge in [-0.05, 0) is 37.2 Å². The first kappa shape index (κ1) is 19.1. The maximum Gasteiger partial charge on any atom is 0.233 e. The molecule has 1 amide bonds. The number of aromatic nitrogens is 2. The Hall–Kier alpha value is -1.19. The van der Waals surface area contributed by atoms with Crippen molar-refractivity contribution in [2.75, 3.05) is 24.3 Å². The molecule has 9 heteroatoms. The standard InChI is InChI=1S/C18H23N3O3S3/c1-11-3-4-13-14(7-11)26-18-16(13)17(19-10-20-18)25-8-15(22)21(2)12-5-6-27(23,24)9-12/h10-12H,3-9H2,1-2H3/t11-,12-/m1/s1. The van der Waals surface area contributed by atoms with Crippen molar-refractivity contribution in [2.24, 2.45) is 5.92 Å². The number of fused-ring (bicyclic) bond motifs is 3. The zero-order valence-corrected chi connectivity index (χ0v) is 17.9. The first-order chi connectivity index (χ1) is 12.8. The number of rotatable bonds is 4. The molecule has 0 N–H and O–H groups in total. The number of carbonyl (C=O) groups excluding carboxylic acids is 1. The van der Waals surface area contributed by atoms with Gasteiger partial charge in [-0.25, -0.2) is 18.4 Å². The highest BCUT2D eigenvalue weighted by molar-refractivity contribution is 8.00. The molecular formula is C18H23N3O3S3. The summed E-state index contributed by atoms with van der Waals surface area (Å²) in [6, 6.07) is -0.205. The molecule has 1 fully saturated rings. The molecule has 0 bridgehead atoms. The third-order valence-electron chi connectivity index (χ3n) is 5.54. The van der Waals surface area contributed by atoms with Gasteiger partial charge in [0, 0.05) is 23.4 Å². The zero-order valence-electron chi connectivity index (χ0n) is 15.5. The van der Waals surface area contributed by atoms with Crippen molar-refractivity contribution in [1.82, 2.24) is 14.9 Å². The summed E-state index contributed by atoms with van der Waals surface area (Å²) in [7, 11) is -1.29. The third-order valence-corrected chi connectivity index (χ3v) is 9.43. The van der Waals surface area contributed by atoms with Crippen molar-refractivity contribution < 1.29 is 13.2 Å². The van der Waals surface area contributed by atoms with Crippen LogP contribution in [0.3, 0.4) is 0 Å². The topological polar surface area (TPSA) is 80.2 Å². The van der Waals surface area contributed by atoms with Crippen LogP contribution < -0.4 is 0 Å². The Labute approximate surface area is 167 Å². The monoisotopic (exact) mass is 425 g/mol. The Morgan fingerprint density at radius 2 is 2.19 bits per heavy atom. The van der Waals surface area contributed by atoms with E-state index in [1.807, 2.05) is 0 Å². The maximum absolute atomic E-state index is 12.6. The minimum Gasteiger partial charge on any atom is -0.341 e. The number of thiophene rings is 1. The molecule has 0 spiro atoms. The summed E-state index contributed by atoms with van der Waals surface area (Å²) >= 11 is 3.19. The van der Waals surface area contributed by atoms with E-state index in [0.29, 0.717) is 12.3 Å². The molecule has 1 aliphatic heterocycles. The molecule has 0 saturated carbocycles. The molecule has 27 heavy (non-hydrogen) atoms. The lowest BCUT2D eigenvalue weighted by molar-refractivity contribution is -0.128. The summed E-state index contributed by atoms with van der Waals surface area (Å²) in [4.78, 5) is 25.5. The fourth-order valence-corrected chi connectivity index (χ4v) is 8.01. The lowest BCUT2D eigenvalue weighted by atomic mass is 9.89. The van der Waals surface area contributed by atoms with Crippen LogP contribution in [0.15, 0.2) is 11.4 Å². The number of thioether (sulfide) groups is 1. The van der Waals surface area contributed by atoms with Gasteiger partial charge in [0.05, 0.1) is 17.3 Å². The second-order valence-corrected chi connectivity index (χ2v) is 11.8. The molecule has 6 nitrogen and oxygen atoms in total. The zero-order chi connectivity index (χ0) is 19.2. The number of carbonyl (C=O) groups is 1. The van der Waals surface area contributed by atoms with E-state index in [-0.39, 0.29) is 29.2 Å². The van der Waals surface area contributed by atoms with Gasteiger partial charge in [-0.3, -0.25) is 4.79 Å². The third kappa shape index (κ3) is 3.86. The largest absolute Gasteiger partial charge is 0.341 e. The Balaban J connectivity index is 1.50. The highest BCUT2D eigenvalue weighted by Crippen LogP contribution is 2.40. The molecule has 2 atom stereocenters. The van der Waals surface area contributed by atoms with E-state index in [9.17, 15) is 13.2 Å². The van der Waals surface area contributed by atoms with Gasteiger partial charge in [0.25, 0.3) is 0 Å². The van der Waals surface area contributed by atoms with Gasteiger partial charge in [0.1, 0.15) is 16.2 Å². The van der Waals surface area contributed by atoms with Crippen molar-refractivity contribution in [3.63, 3.8) is 0 Å². The fraction of sp³-hybridized carbons (Fsp3) is 0.611. The lowest BCUT2D eigenvalue weighted by Gasteiger charge is -2.23. The van der Waals surface area contributed by atoms with Gasteiger partial charge in [-0.2, -0.15) is 0 Å². The SMILES string of the molecule is C[C@@H]1CCc2c(sc3ncnc(SCC(=O)N(C)[C@@H]4CCS(=O)(=O)C4)c23)C1. The molecule has 2 aromatic rings. The van der Waals surface area contributed by atoms with Crippen molar-refractivity contribution in [3.8, 4) is 0 Å². The van der Waals surface area contributed by atoms with Gasteiger partial charge in [0.2, 0.25) is 5.91 Å². The second kappa shape index (κ2) is 7.33. The van der Waals surface area contributed by atoms with E-state index < -0.39 is 9.84 Å². The number of hydrogen-bond donors (Lipinski definition) is 0. The van der Waals surface area contributed by atoms with Crippen LogP contribution in [0, 0.1) is 5.92 Å². The quantitative estimate of drug-likeness (QED) is 0.553. The Morgan fingerprint density at radius 3 is 2.93 bits per heavy atom. The van der Waals surface area contributed by atoms with E-state index in [4.69, 9.17) is 0 Å². The minimum absolute atomic E-state index is 0.0495. The molecule has 1 aliphatic carbocycles. The van der Waals surface area contributed by atoms with Crippen LogP contribution in [0.25, 0.3) is 10.2 Å². The summed E-state index contributed by atoms with van der Waals surface area (Å²) in [6.45, 7) is 2.28. The van der Waals surface area contributed by atoms with Gasteiger partial charge >= 0.3 is 0 Å². The van der Waals surface area contributed by atoms with Gasteiger partial charge in [0.15, 0.2) is 9.84 Å². The van der Waals surface area contributed by atoms with Crippen molar-refractivity contribution in [3.05, 3.63) is 16.8 Å². The Morgan fingerprint density at radius 1 is 1.37 bits per heavy atom.